The first-order valence-corrected chi connectivity index (χ1v) is 10.1. The molecule has 1 heterocycles. The van der Waals surface area contributed by atoms with Gasteiger partial charge in [-0.1, -0.05) is 77.3 Å². The Bertz CT molecular complexity index is 1080. The molecule has 0 aliphatic rings. The molecule has 142 valence electrons. The molecule has 0 saturated carbocycles. The molecule has 1 N–H and O–H groups in total. The number of benzene rings is 3. The molecule has 0 atom stereocenters. The monoisotopic (exact) mass is 408 g/mol. The van der Waals surface area contributed by atoms with E-state index in [1.54, 1.807) is 0 Å². The van der Waals surface area contributed by atoms with Gasteiger partial charge in [0.15, 0.2) is 0 Å². The van der Waals surface area contributed by atoms with Crippen molar-refractivity contribution in [3.8, 4) is 0 Å². The highest BCUT2D eigenvalue weighted by atomic mass is 35.5. The Morgan fingerprint density at radius 3 is 2.29 bits per heavy atom. The molecule has 0 amide bonds. The number of hydrogen-bond acceptors (Lipinski definition) is 1. The third-order valence-electron chi connectivity index (χ3n) is 5.03. The third-order valence-corrected chi connectivity index (χ3v) is 5.73. The van der Waals surface area contributed by atoms with Crippen molar-refractivity contribution in [2.24, 2.45) is 0 Å². The molecule has 1 aromatic heterocycles. The van der Waals surface area contributed by atoms with Crippen molar-refractivity contribution in [3.05, 3.63) is 105 Å². The number of rotatable bonds is 6. The molecule has 2 nitrogen and oxygen atoms in total. The second-order valence-corrected chi connectivity index (χ2v) is 7.90. The average molecular weight is 409 g/mol. The van der Waals surface area contributed by atoms with Crippen molar-refractivity contribution in [2.75, 3.05) is 0 Å². The van der Waals surface area contributed by atoms with Crippen molar-refractivity contribution < 1.29 is 0 Å². The topological polar surface area (TPSA) is 17.0 Å². The molecule has 4 rings (SSSR count). The fraction of sp³-hybridized carbons (Fsp3) is 0.167. The highest BCUT2D eigenvalue weighted by Crippen LogP contribution is 2.28. The highest BCUT2D eigenvalue weighted by Gasteiger charge is 2.11. The van der Waals surface area contributed by atoms with E-state index in [1.165, 1.54) is 27.6 Å². The first-order valence-electron chi connectivity index (χ1n) is 9.38. The molecule has 3 aromatic carbocycles. The van der Waals surface area contributed by atoms with E-state index < -0.39 is 0 Å². The molecule has 0 bridgehead atoms. The number of halogens is 2. The largest absolute Gasteiger partial charge is 0.343 e. The van der Waals surface area contributed by atoms with E-state index >= 15 is 0 Å². The maximum Gasteiger partial charge on any atom is 0.0505 e. The van der Waals surface area contributed by atoms with Gasteiger partial charge in [0.1, 0.15) is 0 Å². The van der Waals surface area contributed by atoms with Crippen LogP contribution in [0.15, 0.2) is 72.9 Å². The van der Waals surface area contributed by atoms with Gasteiger partial charge in [-0.25, -0.2) is 0 Å². The van der Waals surface area contributed by atoms with Crippen LogP contribution in [0.4, 0.5) is 0 Å². The standard InChI is InChI=1S/C24H22Cl2N2/c1-17-9-11-18(12-10-17)13-27-14-19-15-28(24-8-3-2-5-20(19)24)16-21-22(25)6-4-7-23(21)26/h2-12,15,27H,13-14,16H2,1H3. The van der Waals surface area contributed by atoms with Gasteiger partial charge in [0, 0.05) is 45.8 Å². The fourth-order valence-electron chi connectivity index (χ4n) is 3.50. The van der Waals surface area contributed by atoms with Gasteiger partial charge in [-0.15, -0.1) is 0 Å². The second-order valence-electron chi connectivity index (χ2n) is 7.09. The zero-order valence-corrected chi connectivity index (χ0v) is 17.3. The zero-order valence-electron chi connectivity index (χ0n) is 15.8. The van der Waals surface area contributed by atoms with Crippen LogP contribution in [0.3, 0.4) is 0 Å². The summed E-state index contributed by atoms with van der Waals surface area (Å²) in [5, 5.41) is 6.21. The van der Waals surface area contributed by atoms with Gasteiger partial charge in [0.25, 0.3) is 0 Å². The summed E-state index contributed by atoms with van der Waals surface area (Å²) in [7, 11) is 0. The average Bonchev–Trinajstić information content (AvgIpc) is 3.04. The lowest BCUT2D eigenvalue weighted by Crippen LogP contribution is -2.12. The number of nitrogens with zero attached hydrogens (tertiary/aromatic N) is 1. The Morgan fingerprint density at radius 2 is 1.54 bits per heavy atom. The molecule has 28 heavy (non-hydrogen) atoms. The van der Waals surface area contributed by atoms with Gasteiger partial charge in [0.05, 0.1) is 6.54 Å². The minimum atomic E-state index is 0.650. The predicted octanol–water partition coefficient (Wildman–Crippen LogP) is 6.59. The van der Waals surface area contributed by atoms with Crippen molar-refractivity contribution in [1.29, 1.82) is 0 Å². The normalized spacial score (nSPS) is 11.2. The van der Waals surface area contributed by atoms with E-state index in [9.17, 15) is 0 Å². The molecule has 0 unspecified atom stereocenters. The fourth-order valence-corrected chi connectivity index (χ4v) is 4.01. The number of nitrogens with one attached hydrogen (secondary N) is 1. The first kappa shape index (κ1) is 19.1. The Kier molecular flexibility index (Phi) is 5.72. The summed E-state index contributed by atoms with van der Waals surface area (Å²) in [6.07, 6.45) is 2.20. The lowest BCUT2D eigenvalue weighted by atomic mass is 10.1. The number of fused-ring (bicyclic) bond motifs is 1. The Morgan fingerprint density at radius 1 is 0.821 bits per heavy atom. The molecule has 4 aromatic rings. The van der Waals surface area contributed by atoms with Crippen LogP contribution in [0.2, 0.25) is 10.0 Å². The van der Waals surface area contributed by atoms with E-state index in [2.05, 4.69) is 71.5 Å². The summed E-state index contributed by atoms with van der Waals surface area (Å²) in [6, 6.07) is 22.8. The molecule has 0 radical (unpaired) electrons. The van der Waals surface area contributed by atoms with E-state index in [0.717, 1.165) is 18.7 Å². The van der Waals surface area contributed by atoms with Crippen LogP contribution in [0.1, 0.15) is 22.3 Å². The van der Waals surface area contributed by atoms with Crippen molar-refractivity contribution in [2.45, 2.75) is 26.6 Å². The van der Waals surface area contributed by atoms with Crippen LogP contribution in [0.25, 0.3) is 10.9 Å². The summed E-state index contributed by atoms with van der Waals surface area (Å²) in [4.78, 5) is 0. The molecule has 0 spiro atoms. The van der Waals surface area contributed by atoms with Gasteiger partial charge in [0.2, 0.25) is 0 Å². The second kappa shape index (κ2) is 8.40. The van der Waals surface area contributed by atoms with Crippen LogP contribution >= 0.6 is 23.2 Å². The van der Waals surface area contributed by atoms with Gasteiger partial charge >= 0.3 is 0 Å². The minimum Gasteiger partial charge on any atom is -0.343 e. The molecule has 0 fully saturated rings. The summed E-state index contributed by atoms with van der Waals surface area (Å²) < 4.78 is 2.23. The van der Waals surface area contributed by atoms with Crippen LogP contribution in [0, 0.1) is 6.92 Å². The van der Waals surface area contributed by atoms with Crippen LogP contribution in [-0.4, -0.2) is 4.57 Å². The number of aryl methyl sites for hydroxylation is 1. The lowest BCUT2D eigenvalue weighted by Gasteiger charge is -2.09. The van der Waals surface area contributed by atoms with Gasteiger partial charge in [-0.2, -0.15) is 0 Å². The van der Waals surface area contributed by atoms with Crippen LogP contribution < -0.4 is 5.32 Å². The number of hydrogen-bond donors (Lipinski definition) is 1. The van der Waals surface area contributed by atoms with Crippen molar-refractivity contribution in [3.63, 3.8) is 0 Å². The van der Waals surface area contributed by atoms with Crippen molar-refractivity contribution >= 4 is 34.1 Å². The molecule has 4 heteroatoms. The minimum absolute atomic E-state index is 0.650. The van der Waals surface area contributed by atoms with Crippen molar-refractivity contribution in [1.82, 2.24) is 9.88 Å². The first-order chi connectivity index (χ1) is 13.6. The van der Waals surface area contributed by atoms with Crippen LogP contribution in [-0.2, 0) is 19.6 Å². The van der Waals surface area contributed by atoms with E-state index in [1.807, 2.05) is 18.2 Å². The van der Waals surface area contributed by atoms with Gasteiger partial charge in [-0.05, 0) is 36.2 Å². The highest BCUT2D eigenvalue weighted by molar-refractivity contribution is 6.36. The Hall–Kier alpha value is -2.26. The van der Waals surface area contributed by atoms with Gasteiger partial charge in [-0.3, -0.25) is 0 Å². The summed E-state index contributed by atoms with van der Waals surface area (Å²) in [5.74, 6) is 0. The predicted molar refractivity (Wildman–Crippen MR) is 119 cm³/mol. The lowest BCUT2D eigenvalue weighted by molar-refractivity contribution is 0.692. The Labute approximate surface area is 175 Å². The van der Waals surface area contributed by atoms with E-state index in [4.69, 9.17) is 23.2 Å². The maximum atomic E-state index is 6.39. The van der Waals surface area contributed by atoms with E-state index in [-0.39, 0.29) is 0 Å². The SMILES string of the molecule is Cc1ccc(CNCc2cn(Cc3c(Cl)cccc3Cl)c3ccccc23)cc1. The summed E-state index contributed by atoms with van der Waals surface area (Å²) >= 11 is 12.8. The molecule has 0 aliphatic heterocycles. The van der Waals surface area contributed by atoms with Crippen LogP contribution in [0.5, 0.6) is 0 Å². The van der Waals surface area contributed by atoms with E-state index in [0.29, 0.717) is 16.6 Å². The number of aromatic nitrogens is 1. The summed E-state index contributed by atoms with van der Waals surface area (Å²) in [6.45, 7) is 4.40. The quantitative estimate of drug-likeness (QED) is 0.380. The molecular weight excluding hydrogens is 387 g/mol. The third kappa shape index (κ3) is 4.10. The Balaban J connectivity index is 1.57. The molecule has 0 aliphatic carbocycles. The zero-order chi connectivity index (χ0) is 19.5. The molecular formula is C24H22Cl2N2. The summed E-state index contributed by atoms with van der Waals surface area (Å²) in [5.41, 5.74) is 5.98. The van der Waals surface area contributed by atoms with Gasteiger partial charge < -0.3 is 9.88 Å². The number of para-hydroxylation sites is 1. The molecule has 0 saturated heterocycles. The smallest absolute Gasteiger partial charge is 0.0505 e. The maximum absolute atomic E-state index is 6.39.